The molecule has 0 atom stereocenters. The van der Waals surface area contributed by atoms with Gasteiger partial charge >= 0.3 is 5.97 Å². The van der Waals surface area contributed by atoms with E-state index in [0.29, 0.717) is 11.3 Å². The molecule has 0 N–H and O–H groups in total. The number of rotatable bonds is 2. The lowest BCUT2D eigenvalue weighted by Gasteiger charge is -2.03. The van der Waals surface area contributed by atoms with Crippen LogP contribution in [0.15, 0.2) is 36.5 Å². The van der Waals surface area contributed by atoms with Gasteiger partial charge in [0.05, 0.1) is 35.8 Å². The molecule has 0 spiro atoms. The van der Waals surface area contributed by atoms with Gasteiger partial charge in [-0.1, -0.05) is 0 Å². The van der Waals surface area contributed by atoms with Gasteiger partial charge in [-0.15, -0.1) is 0 Å². The van der Waals surface area contributed by atoms with Gasteiger partial charge in [0, 0.05) is 5.39 Å². The molecule has 0 saturated heterocycles. The first-order chi connectivity index (χ1) is 10.1. The molecular formula is C15H12FN3O2. The molecule has 0 aliphatic carbocycles. The molecule has 1 aromatic carbocycles. The van der Waals surface area contributed by atoms with Crippen molar-refractivity contribution in [2.75, 3.05) is 7.11 Å². The summed E-state index contributed by atoms with van der Waals surface area (Å²) in [4.78, 5) is 15.2. The molecule has 3 rings (SSSR count). The van der Waals surface area contributed by atoms with Gasteiger partial charge in [-0.25, -0.2) is 14.5 Å². The van der Waals surface area contributed by atoms with Gasteiger partial charge in [-0.2, -0.15) is 9.49 Å². The molecule has 0 saturated carbocycles. The molecule has 0 fully saturated rings. The summed E-state index contributed by atoms with van der Waals surface area (Å²) in [5.41, 5.74) is 2.69. The lowest BCUT2D eigenvalue weighted by Crippen LogP contribution is -2.01. The second kappa shape index (κ2) is 4.97. The second-order valence-corrected chi connectivity index (χ2v) is 4.56. The van der Waals surface area contributed by atoms with Crippen molar-refractivity contribution in [3.63, 3.8) is 0 Å². The van der Waals surface area contributed by atoms with Crippen LogP contribution >= 0.6 is 0 Å². The first kappa shape index (κ1) is 13.2. The molecule has 106 valence electrons. The van der Waals surface area contributed by atoms with E-state index < -0.39 is 11.9 Å². The Morgan fingerprint density at radius 3 is 2.76 bits per heavy atom. The van der Waals surface area contributed by atoms with Crippen molar-refractivity contribution in [2.24, 2.45) is 0 Å². The van der Waals surface area contributed by atoms with Gasteiger partial charge in [0.2, 0.25) is 5.95 Å². The Balaban J connectivity index is 2.17. The lowest BCUT2D eigenvalue weighted by molar-refractivity contribution is 0.0601. The zero-order chi connectivity index (χ0) is 15.0. The molecule has 2 aromatic heterocycles. The lowest BCUT2D eigenvalue weighted by atomic mass is 10.1. The van der Waals surface area contributed by atoms with Crippen LogP contribution in [-0.2, 0) is 4.74 Å². The standard InChI is InChI=1S/C15H12FN3O2/c1-9-12-7-10(15(20)21-2)3-5-13(12)19(18-9)11-4-6-14(16)17-8-11/h3-8H,1-2H3. The SMILES string of the molecule is COC(=O)c1ccc2c(c1)c(C)nn2-c1ccc(F)nc1. The molecule has 21 heavy (non-hydrogen) atoms. The topological polar surface area (TPSA) is 57.0 Å². The van der Waals surface area contributed by atoms with Crippen LogP contribution in [0.2, 0.25) is 0 Å². The molecule has 0 unspecified atom stereocenters. The number of hydrogen-bond donors (Lipinski definition) is 0. The molecule has 0 aliphatic rings. The van der Waals surface area contributed by atoms with E-state index >= 15 is 0 Å². The van der Waals surface area contributed by atoms with E-state index in [1.165, 1.54) is 19.4 Å². The molecular weight excluding hydrogens is 273 g/mol. The average Bonchev–Trinajstić information content (AvgIpc) is 2.84. The Kier molecular flexibility index (Phi) is 3.13. The van der Waals surface area contributed by atoms with Crippen molar-refractivity contribution in [3.8, 4) is 5.69 Å². The van der Waals surface area contributed by atoms with E-state index in [2.05, 4.69) is 10.1 Å². The summed E-state index contributed by atoms with van der Waals surface area (Å²) in [6.07, 6.45) is 1.41. The quantitative estimate of drug-likeness (QED) is 0.536. The Labute approximate surface area is 120 Å². The fraction of sp³-hybridized carbons (Fsp3) is 0.133. The molecule has 0 bridgehead atoms. The third-order valence-electron chi connectivity index (χ3n) is 3.24. The molecule has 6 heteroatoms. The van der Waals surface area contributed by atoms with E-state index in [1.54, 1.807) is 28.9 Å². The third-order valence-corrected chi connectivity index (χ3v) is 3.24. The predicted octanol–water partition coefficient (Wildman–Crippen LogP) is 2.65. The minimum atomic E-state index is -0.542. The zero-order valence-electron chi connectivity index (χ0n) is 11.5. The largest absolute Gasteiger partial charge is 0.465 e. The number of pyridine rings is 1. The summed E-state index contributed by atoms with van der Waals surface area (Å²) in [5.74, 6) is -0.938. The van der Waals surface area contributed by atoms with E-state index in [9.17, 15) is 9.18 Å². The molecule has 3 aromatic rings. The van der Waals surface area contributed by atoms with E-state index in [0.717, 1.165) is 16.6 Å². The fourth-order valence-corrected chi connectivity index (χ4v) is 2.20. The van der Waals surface area contributed by atoms with E-state index in [4.69, 9.17) is 4.74 Å². The number of nitrogens with zero attached hydrogens (tertiary/aromatic N) is 3. The molecule has 5 nitrogen and oxygen atoms in total. The number of ether oxygens (including phenoxy) is 1. The summed E-state index contributed by atoms with van der Waals surface area (Å²) in [6, 6.07) is 8.06. The number of halogens is 1. The van der Waals surface area contributed by atoms with Crippen molar-refractivity contribution in [3.05, 3.63) is 53.7 Å². The summed E-state index contributed by atoms with van der Waals surface area (Å²) >= 11 is 0. The van der Waals surface area contributed by atoms with Crippen LogP contribution in [0.4, 0.5) is 4.39 Å². The number of carbonyl (C=O) groups excluding carboxylic acids is 1. The zero-order valence-corrected chi connectivity index (χ0v) is 11.5. The number of methoxy groups -OCH3 is 1. The van der Waals surface area contributed by atoms with Crippen molar-refractivity contribution in [1.82, 2.24) is 14.8 Å². The van der Waals surface area contributed by atoms with Crippen LogP contribution in [0.5, 0.6) is 0 Å². The van der Waals surface area contributed by atoms with Crippen LogP contribution in [-0.4, -0.2) is 27.8 Å². The molecule has 0 aliphatic heterocycles. The minimum absolute atomic E-state index is 0.396. The van der Waals surface area contributed by atoms with Crippen molar-refractivity contribution >= 4 is 16.9 Å². The predicted molar refractivity (Wildman–Crippen MR) is 74.9 cm³/mol. The molecule has 2 heterocycles. The maximum Gasteiger partial charge on any atom is 0.337 e. The number of hydrogen-bond acceptors (Lipinski definition) is 4. The number of esters is 1. The third kappa shape index (κ3) is 2.24. The van der Waals surface area contributed by atoms with Gasteiger partial charge < -0.3 is 4.74 Å². The van der Waals surface area contributed by atoms with Crippen LogP contribution < -0.4 is 0 Å². The first-order valence-corrected chi connectivity index (χ1v) is 6.30. The average molecular weight is 285 g/mol. The smallest absolute Gasteiger partial charge is 0.337 e. The van der Waals surface area contributed by atoms with Crippen LogP contribution in [0, 0.1) is 12.9 Å². The normalized spacial score (nSPS) is 10.8. The summed E-state index contributed by atoms with van der Waals surface area (Å²) in [6.45, 7) is 1.84. The highest BCUT2D eigenvalue weighted by molar-refractivity contribution is 5.95. The number of aryl methyl sites for hydroxylation is 1. The Bertz CT molecular complexity index is 825. The number of aromatic nitrogens is 3. The van der Waals surface area contributed by atoms with Crippen LogP contribution in [0.1, 0.15) is 16.1 Å². The van der Waals surface area contributed by atoms with Crippen molar-refractivity contribution in [1.29, 1.82) is 0 Å². The number of carbonyl (C=O) groups is 1. The molecule has 0 amide bonds. The summed E-state index contributed by atoms with van der Waals surface area (Å²) in [7, 11) is 1.34. The number of fused-ring (bicyclic) bond motifs is 1. The first-order valence-electron chi connectivity index (χ1n) is 6.30. The van der Waals surface area contributed by atoms with Crippen molar-refractivity contribution < 1.29 is 13.9 Å². The highest BCUT2D eigenvalue weighted by Crippen LogP contribution is 2.23. The summed E-state index contributed by atoms with van der Waals surface area (Å²) < 4.78 is 19.3. The monoisotopic (exact) mass is 285 g/mol. The summed E-state index contributed by atoms with van der Waals surface area (Å²) in [5, 5.41) is 5.25. The van der Waals surface area contributed by atoms with Gasteiger partial charge in [0.15, 0.2) is 0 Å². The minimum Gasteiger partial charge on any atom is -0.465 e. The highest BCUT2D eigenvalue weighted by Gasteiger charge is 2.13. The Morgan fingerprint density at radius 1 is 1.29 bits per heavy atom. The van der Waals surface area contributed by atoms with Crippen LogP contribution in [0.3, 0.4) is 0 Å². The molecule has 0 radical (unpaired) electrons. The van der Waals surface area contributed by atoms with Gasteiger partial charge in [0.25, 0.3) is 0 Å². The fourth-order valence-electron chi connectivity index (χ4n) is 2.20. The number of benzene rings is 1. The van der Waals surface area contributed by atoms with E-state index in [-0.39, 0.29) is 0 Å². The maximum absolute atomic E-state index is 12.9. The highest BCUT2D eigenvalue weighted by atomic mass is 19.1. The van der Waals surface area contributed by atoms with E-state index in [1.807, 2.05) is 6.92 Å². The van der Waals surface area contributed by atoms with Gasteiger partial charge in [0.1, 0.15) is 0 Å². The Morgan fingerprint density at radius 2 is 2.10 bits per heavy atom. The second-order valence-electron chi connectivity index (χ2n) is 4.56. The van der Waals surface area contributed by atoms with Crippen LogP contribution in [0.25, 0.3) is 16.6 Å². The van der Waals surface area contributed by atoms with Crippen molar-refractivity contribution in [2.45, 2.75) is 6.92 Å². The van der Waals surface area contributed by atoms with Gasteiger partial charge in [-0.05, 0) is 37.3 Å². The maximum atomic E-state index is 12.9. The van der Waals surface area contributed by atoms with Gasteiger partial charge in [-0.3, -0.25) is 0 Å². The Hall–Kier alpha value is -2.76.